The molecule has 32 heavy (non-hydrogen) atoms. The van der Waals surface area contributed by atoms with E-state index < -0.39 is 15.5 Å². The van der Waals surface area contributed by atoms with Crippen molar-refractivity contribution < 1.29 is 14.3 Å². The Morgan fingerprint density at radius 1 is 0.812 bits per heavy atom. The van der Waals surface area contributed by atoms with Crippen molar-refractivity contribution in [1.82, 2.24) is 0 Å². The fraction of sp³-hybridized carbons (Fsp3) is 0.0455. The standard InChI is InChI=1S/C22H16N4O6/c27-22-12-20(19-11-18(26(30)31)8-9-21(19)32-22)24-16-6-4-15(5-7-16)23-13-14-2-1-3-17(10-14)25(28)29/h1-12,23-24H,13H2. The van der Waals surface area contributed by atoms with Gasteiger partial charge in [0.15, 0.2) is 0 Å². The summed E-state index contributed by atoms with van der Waals surface area (Å²) in [5, 5.41) is 28.7. The van der Waals surface area contributed by atoms with Crippen LogP contribution in [-0.2, 0) is 6.54 Å². The largest absolute Gasteiger partial charge is 0.423 e. The summed E-state index contributed by atoms with van der Waals surface area (Å²) in [6.07, 6.45) is 0. The zero-order valence-corrected chi connectivity index (χ0v) is 16.5. The predicted molar refractivity (Wildman–Crippen MR) is 119 cm³/mol. The quantitative estimate of drug-likeness (QED) is 0.237. The highest BCUT2D eigenvalue weighted by atomic mass is 16.6. The third-order valence-corrected chi connectivity index (χ3v) is 4.72. The predicted octanol–water partition coefficient (Wildman–Crippen LogP) is 4.97. The van der Waals surface area contributed by atoms with Crippen LogP contribution in [0.3, 0.4) is 0 Å². The van der Waals surface area contributed by atoms with Crippen LogP contribution in [0.25, 0.3) is 11.0 Å². The number of rotatable bonds is 7. The number of nitrogens with zero attached hydrogens (tertiary/aromatic N) is 2. The molecule has 0 aliphatic rings. The van der Waals surface area contributed by atoms with Gasteiger partial charge in [0, 0.05) is 53.6 Å². The second kappa shape index (κ2) is 8.56. The first kappa shape index (κ1) is 20.5. The number of benzene rings is 3. The van der Waals surface area contributed by atoms with Crippen molar-refractivity contribution in [2.45, 2.75) is 6.54 Å². The summed E-state index contributed by atoms with van der Waals surface area (Å²) in [4.78, 5) is 32.9. The van der Waals surface area contributed by atoms with Gasteiger partial charge in [0.2, 0.25) is 0 Å². The Hall–Kier alpha value is -4.73. The molecule has 0 unspecified atom stereocenters. The highest BCUT2D eigenvalue weighted by Crippen LogP contribution is 2.29. The molecule has 1 heterocycles. The molecule has 0 saturated heterocycles. The molecule has 0 spiro atoms. The lowest BCUT2D eigenvalue weighted by Gasteiger charge is -2.11. The van der Waals surface area contributed by atoms with Gasteiger partial charge in [0.1, 0.15) is 5.58 Å². The van der Waals surface area contributed by atoms with E-state index in [1.165, 1.54) is 36.4 Å². The van der Waals surface area contributed by atoms with E-state index in [1.54, 1.807) is 36.4 Å². The van der Waals surface area contributed by atoms with Crippen LogP contribution in [0, 0.1) is 20.2 Å². The Morgan fingerprint density at radius 3 is 2.22 bits per heavy atom. The van der Waals surface area contributed by atoms with Gasteiger partial charge in [0.05, 0.1) is 15.5 Å². The second-order valence-electron chi connectivity index (χ2n) is 6.90. The molecule has 160 valence electrons. The molecule has 0 radical (unpaired) electrons. The van der Waals surface area contributed by atoms with Gasteiger partial charge >= 0.3 is 5.63 Å². The van der Waals surface area contributed by atoms with E-state index in [0.29, 0.717) is 23.3 Å². The molecule has 0 fully saturated rings. The molecule has 0 saturated carbocycles. The molecular formula is C22H16N4O6. The van der Waals surface area contributed by atoms with Crippen molar-refractivity contribution in [3.8, 4) is 0 Å². The average molecular weight is 432 g/mol. The highest BCUT2D eigenvalue weighted by Gasteiger charge is 2.12. The Kier molecular flexibility index (Phi) is 5.49. The summed E-state index contributed by atoms with van der Waals surface area (Å²) < 4.78 is 5.12. The van der Waals surface area contributed by atoms with Crippen LogP contribution in [-0.4, -0.2) is 9.85 Å². The maximum atomic E-state index is 11.9. The van der Waals surface area contributed by atoms with Gasteiger partial charge in [-0.1, -0.05) is 12.1 Å². The Balaban J connectivity index is 1.51. The van der Waals surface area contributed by atoms with Gasteiger partial charge in [-0.15, -0.1) is 0 Å². The van der Waals surface area contributed by atoms with Gasteiger partial charge in [0.25, 0.3) is 11.4 Å². The molecular weight excluding hydrogens is 416 g/mol. The minimum atomic E-state index is -0.580. The first-order valence-electron chi connectivity index (χ1n) is 9.46. The first-order valence-corrected chi connectivity index (χ1v) is 9.46. The van der Waals surface area contributed by atoms with Crippen molar-refractivity contribution >= 4 is 39.4 Å². The molecule has 1 aromatic heterocycles. The summed E-state index contributed by atoms with van der Waals surface area (Å²) in [6, 6.07) is 18.8. The fourth-order valence-corrected chi connectivity index (χ4v) is 3.18. The van der Waals surface area contributed by atoms with Crippen molar-refractivity contribution in [3.63, 3.8) is 0 Å². The molecule has 0 bridgehead atoms. The number of hydrogen-bond donors (Lipinski definition) is 2. The number of non-ortho nitro benzene ring substituents is 2. The monoisotopic (exact) mass is 432 g/mol. The molecule has 0 aliphatic heterocycles. The lowest BCUT2D eigenvalue weighted by Crippen LogP contribution is -2.02. The van der Waals surface area contributed by atoms with E-state index in [2.05, 4.69) is 10.6 Å². The molecule has 10 heteroatoms. The van der Waals surface area contributed by atoms with Gasteiger partial charge in [-0.2, -0.15) is 0 Å². The van der Waals surface area contributed by atoms with E-state index in [-0.39, 0.29) is 17.0 Å². The molecule has 0 aliphatic carbocycles. The zero-order chi connectivity index (χ0) is 22.7. The normalized spacial score (nSPS) is 10.6. The van der Waals surface area contributed by atoms with Crippen LogP contribution in [0.15, 0.2) is 82.0 Å². The minimum Gasteiger partial charge on any atom is -0.423 e. The van der Waals surface area contributed by atoms with Gasteiger partial charge in [-0.3, -0.25) is 20.2 Å². The molecule has 10 nitrogen and oxygen atoms in total. The maximum Gasteiger partial charge on any atom is 0.338 e. The lowest BCUT2D eigenvalue weighted by molar-refractivity contribution is -0.385. The van der Waals surface area contributed by atoms with Crippen LogP contribution in [0.5, 0.6) is 0 Å². The number of hydrogen-bond acceptors (Lipinski definition) is 8. The average Bonchev–Trinajstić information content (AvgIpc) is 2.78. The van der Waals surface area contributed by atoms with Crippen molar-refractivity contribution in [3.05, 3.63) is 109 Å². The summed E-state index contributed by atoms with van der Waals surface area (Å²) >= 11 is 0. The number of nitro groups is 2. The van der Waals surface area contributed by atoms with Crippen LogP contribution >= 0.6 is 0 Å². The van der Waals surface area contributed by atoms with Crippen LogP contribution in [0.4, 0.5) is 28.4 Å². The van der Waals surface area contributed by atoms with E-state index >= 15 is 0 Å². The highest BCUT2D eigenvalue weighted by molar-refractivity contribution is 5.93. The molecule has 0 amide bonds. The van der Waals surface area contributed by atoms with Gasteiger partial charge < -0.3 is 15.1 Å². The van der Waals surface area contributed by atoms with Crippen molar-refractivity contribution in [2.75, 3.05) is 10.6 Å². The molecule has 3 aromatic carbocycles. The summed E-state index contributed by atoms with van der Waals surface area (Å²) in [5.74, 6) is 0. The lowest BCUT2D eigenvalue weighted by atomic mass is 10.1. The van der Waals surface area contributed by atoms with E-state index in [9.17, 15) is 25.0 Å². The van der Waals surface area contributed by atoms with Crippen LogP contribution < -0.4 is 16.3 Å². The van der Waals surface area contributed by atoms with E-state index in [4.69, 9.17) is 4.42 Å². The Labute approximate surface area is 180 Å². The Morgan fingerprint density at radius 2 is 1.50 bits per heavy atom. The van der Waals surface area contributed by atoms with Crippen LogP contribution in [0.1, 0.15) is 5.56 Å². The molecule has 0 atom stereocenters. The summed E-state index contributed by atoms with van der Waals surface area (Å²) in [6.45, 7) is 0.405. The number of nitrogens with one attached hydrogen (secondary N) is 2. The molecule has 2 N–H and O–H groups in total. The SMILES string of the molecule is O=c1cc(Nc2ccc(NCc3cccc([N+](=O)[O-])c3)cc2)c2cc([N+](=O)[O-])ccc2o1. The van der Waals surface area contributed by atoms with E-state index in [1.807, 2.05) is 0 Å². The van der Waals surface area contributed by atoms with Gasteiger partial charge in [-0.25, -0.2) is 4.79 Å². The molecule has 4 aromatic rings. The second-order valence-corrected chi connectivity index (χ2v) is 6.90. The summed E-state index contributed by atoms with van der Waals surface area (Å²) in [7, 11) is 0. The van der Waals surface area contributed by atoms with Crippen molar-refractivity contribution in [1.29, 1.82) is 0 Å². The molecule has 4 rings (SSSR count). The first-order chi connectivity index (χ1) is 15.4. The third kappa shape index (κ3) is 4.54. The number of anilines is 3. The van der Waals surface area contributed by atoms with Crippen LogP contribution in [0.2, 0.25) is 0 Å². The summed E-state index contributed by atoms with van der Waals surface area (Å²) in [5.41, 5.74) is 2.17. The number of fused-ring (bicyclic) bond motifs is 1. The third-order valence-electron chi connectivity index (χ3n) is 4.72. The smallest absolute Gasteiger partial charge is 0.338 e. The zero-order valence-electron chi connectivity index (χ0n) is 16.5. The number of nitro benzene ring substituents is 2. The van der Waals surface area contributed by atoms with Crippen molar-refractivity contribution in [2.24, 2.45) is 0 Å². The maximum absolute atomic E-state index is 11.9. The topological polar surface area (TPSA) is 141 Å². The van der Waals surface area contributed by atoms with E-state index in [0.717, 1.165) is 11.3 Å². The Bertz CT molecular complexity index is 1380. The minimum absolute atomic E-state index is 0.0312. The van der Waals surface area contributed by atoms with Gasteiger partial charge in [-0.05, 0) is 35.9 Å². The fourth-order valence-electron chi connectivity index (χ4n) is 3.18.